The Morgan fingerprint density at radius 1 is 1.18 bits per heavy atom. The third kappa shape index (κ3) is 4.85. The molecule has 0 aliphatic carbocycles. The number of amides is 2. The lowest BCUT2D eigenvalue weighted by Gasteiger charge is -2.34. The second kappa shape index (κ2) is 8.73. The highest BCUT2D eigenvalue weighted by Crippen LogP contribution is 2.18. The van der Waals surface area contributed by atoms with Gasteiger partial charge in [-0.05, 0) is 38.3 Å². The highest BCUT2D eigenvalue weighted by Gasteiger charge is 2.27. The molecule has 5 nitrogen and oxygen atoms in total. The van der Waals surface area contributed by atoms with E-state index in [-0.39, 0.29) is 18.6 Å². The second-order valence-electron chi connectivity index (χ2n) is 7.23. The Hall–Kier alpha value is -0.810. The van der Waals surface area contributed by atoms with E-state index in [0.717, 1.165) is 32.6 Å². The highest BCUT2D eigenvalue weighted by molar-refractivity contribution is 5.74. The molecule has 2 fully saturated rings. The standard InChI is InChI=1S/C17H33N3O2/c1-14(2)16(19-8-5-3-4-6-9-19)11-18-17(22)20-10-7-15(12-20)13-21/h14-16,21H,3-13H2,1-2H3,(H,18,22). The van der Waals surface area contributed by atoms with Crippen molar-refractivity contribution >= 4 is 6.03 Å². The Balaban J connectivity index is 1.82. The summed E-state index contributed by atoms with van der Waals surface area (Å²) in [5.41, 5.74) is 0. The summed E-state index contributed by atoms with van der Waals surface area (Å²) in [4.78, 5) is 16.7. The van der Waals surface area contributed by atoms with Crippen LogP contribution in [0.15, 0.2) is 0 Å². The number of hydrogen-bond acceptors (Lipinski definition) is 3. The van der Waals surface area contributed by atoms with Crippen molar-refractivity contribution in [2.24, 2.45) is 11.8 Å². The average Bonchev–Trinajstić information content (AvgIpc) is 2.83. The first-order chi connectivity index (χ1) is 10.6. The van der Waals surface area contributed by atoms with Crippen molar-refractivity contribution in [1.82, 2.24) is 15.1 Å². The molecule has 0 bridgehead atoms. The van der Waals surface area contributed by atoms with Gasteiger partial charge in [0.15, 0.2) is 0 Å². The summed E-state index contributed by atoms with van der Waals surface area (Å²) in [6.45, 7) is 9.21. The zero-order chi connectivity index (χ0) is 15.9. The fraction of sp³-hybridized carbons (Fsp3) is 0.941. The van der Waals surface area contributed by atoms with Gasteiger partial charge in [-0.15, -0.1) is 0 Å². The molecule has 0 aromatic rings. The summed E-state index contributed by atoms with van der Waals surface area (Å²) in [7, 11) is 0. The minimum Gasteiger partial charge on any atom is -0.396 e. The van der Waals surface area contributed by atoms with Crippen LogP contribution in [0, 0.1) is 11.8 Å². The Bertz CT molecular complexity index is 341. The molecule has 5 heteroatoms. The van der Waals surface area contributed by atoms with Gasteiger partial charge in [0.05, 0.1) is 0 Å². The van der Waals surface area contributed by atoms with Crippen molar-refractivity contribution in [2.45, 2.75) is 52.0 Å². The fourth-order valence-corrected chi connectivity index (χ4v) is 3.68. The maximum atomic E-state index is 12.3. The molecule has 0 radical (unpaired) electrons. The van der Waals surface area contributed by atoms with E-state index in [1.54, 1.807) is 0 Å². The lowest BCUT2D eigenvalue weighted by Crippen LogP contribution is -2.49. The molecule has 128 valence electrons. The van der Waals surface area contributed by atoms with Crippen LogP contribution < -0.4 is 5.32 Å². The molecule has 22 heavy (non-hydrogen) atoms. The highest BCUT2D eigenvalue weighted by atomic mass is 16.3. The molecule has 2 unspecified atom stereocenters. The van der Waals surface area contributed by atoms with Gasteiger partial charge in [-0.1, -0.05) is 26.7 Å². The van der Waals surface area contributed by atoms with Crippen molar-refractivity contribution in [3.8, 4) is 0 Å². The molecule has 2 aliphatic heterocycles. The maximum absolute atomic E-state index is 12.3. The van der Waals surface area contributed by atoms with Gasteiger partial charge < -0.3 is 15.3 Å². The second-order valence-corrected chi connectivity index (χ2v) is 7.23. The number of nitrogens with zero attached hydrogens (tertiary/aromatic N) is 2. The van der Waals surface area contributed by atoms with Gasteiger partial charge in [-0.3, -0.25) is 4.90 Å². The molecule has 0 aromatic carbocycles. The third-order valence-corrected chi connectivity index (χ3v) is 5.17. The molecule has 0 saturated carbocycles. The van der Waals surface area contributed by atoms with Gasteiger partial charge in [0.2, 0.25) is 0 Å². The van der Waals surface area contributed by atoms with Crippen LogP contribution in [-0.4, -0.2) is 66.3 Å². The lowest BCUT2D eigenvalue weighted by molar-refractivity contribution is 0.151. The summed E-state index contributed by atoms with van der Waals surface area (Å²) >= 11 is 0. The van der Waals surface area contributed by atoms with Crippen LogP contribution in [0.2, 0.25) is 0 Å². The van der Waals surface area contributed by atoms with E-state index in [2.05, 4.69) is 24.1 Å². The summed E-state index contributed by atoms with van der Waals surface area (Å²) in [6.07, 6.45) is 6.15. The summed E-state index contributed by atoms with van der Waals surface area (Å²) in [5.74, 6) is 0.805. The molecule has 0 aromatic heterocycles. The number of nitrogens with one attached hydrogen (secondary N) is 1. The molecule has 2 N–H and O–H groups in total. The van der Waals surface area contributed by atoms with Gasteiger partial charge >= 0.3 is 6.03 Å². The molecule has 2 aliphatic rings. The van der Waals surface area contributed by atoms with Crippen LogP contribution in [0.3, 0.4) is 0 Å². The van der Waals surface area contributed by atoms with E-state index in [4.69, 9.17) is 0 Å². The van der Waals surface area contributed by atoms with Crippen LogP contribution in [0.5, 0.6) is 0 Å². The molecule has 0 spiro atoms. The van der Waals surface area contributed by atoms with Gasteiger partial charge in [0, 0.05) is 38.2 Å². The molecule has 2 atom stereocenters. The summed E-state index contributed by atoms with van der Waals surface area (Å²) in [6, 6.07) is 0.467. The number of carbonyl (C=O) groups excluding carboxylic acids is 1. The average molecular weight is 311 g/mol. The largest absolute Gasteiger partial charge is 0.396 e. The van der Waals surface area contributed by atoms with E-state index < -0.39 is 0 Å². The van der Waals surface area contributed by atoms with Gasteiger partial charge in [-0.25, -0.2) is 4.79 Å². The van der Waals surface area contributed by atoms with E-state index in [0.29, 0.717) is 18.5 Å². The topological polar surface area (TPSA) is 55.8 Å². The zero-order valence-electron chi connectivity index (χ0n) is 14.3. The first kappa shape index (κ1) is 17.5. The van der Waals surface area contributed by atoms with Crippen molar-refractivity contribution < 1.29 is 9.90 Å². The van der Waals surface area contributed by atoms with Gasteiger partial charge in [-0.2, -0.15) is 0 Å². The molecule has 2 rings (SSSR count). The number of likely N-dealkylation sites (tertiary alicyclic amines) is 2. The Morgan fingerprint density at radius 3 is 2.41 bits per heavy atom. The van der Waals surface area contributed by atoms with Crippen molar-refractivity contribution in [1.29, 1.82) is 0 Å². The number of aliphatic hydroxyl groups is 1. The number of hydrogen-bond donors (Lipinski definition) is 2. The Kier molecular flexibility index (Phi) is 6.96. The first-order valence-electron chi connectivity index (χ1n) is 8.99. The molecular formula is C17H33N3O2. The van der Waals surface area contributed by atoms with Gasteiger partial charge in [0.1, 0.15) is 0 Å². The van der Waals surface area contributed by atoms with Crippen LogP contribution in [0.25, 0.3) is 0 Å². The molecule has 2 heterocycles. The predicted molar refractivity (Wildman–Crippen MR) is 88.8 cm³/mol. The number of rotatable bonds is 5. The molecular weight excluding hydrogens is 278 g/mol. The number of urea groups is 1. The summed E-state index contributed by atoms with van der Waals surface area (Å²) in [5, 5.41) is 12.3. The van der Waals surface area contributed by atoms with Crippen LogP contribution in [0.1, 0.15) is 46.0 Å². The Labute approximate surface area is 135 Å². The smallest absolute Gasteiger partial charge is 0.317 e. The Morgan fingerprint density at radius 2 is 1.86 bits per heavy atom. The SMILES string of the molecule is CC(C)C(CNC(=O)N1CCC(CO)C1)N1CCCCCC1. The maximum Gasteiger partial charge on any atom is 0.317 e. The minimum absolute atomic E-state index is 0.0384. The van der Waals surface area contributed by atoms with E-state index >= 15 is 0 Å². The number of carbonyl (C=O) groups is 1. The van der Waals surface area contributed by atoms with Crippen LogP contribution >= 0.6 is 0 Å². The van der Waals surface area contributed by atoms with Crippen molar-refractivity contribution in [3.63, 3.8) is 0 Å². The quantitative estimate of drug-likeness (QED) is 0.815. The predicted octanol–water partition coefficient (Wildman–Crippen LogP) is 1.91. The fourth-order valence-electron chi connectivity index (χ4n) is 3.68. The first-order valence-corrected chi connectivity index (χ1v) is 8.99. The van der Waals surface area contributed by atoms with Crippen LogP contribution in [-0.2, 0) is 0 Å². The minimum atomic E-state index is 0.0384. The van der Waals surface area contributed by atoms with Crippen molar-refractivity contribution in [3.05, 3.63) is 0 Å². The number of aliphatic hydroxyl groups excluding tert-OH is 1. The molecule has 2 saturated heterocycles. The normalized spacial score (nSPS) is 25.3. The summed E-state index contributed by atoms with van der Waals surface area (Å²) < 4.78 is 0. The zero-order valence-corrected chi connectivity index (χ0v) is 14.3. The van der Waals surface area contributed by atoms with E-state index in [1.807, 2.05) is 4.90 Å². The monoisotopic (exact) mass is 311 g/mol. The lowest BCUT2D eigenvalue weighted by atomic mass is 10.0. The third-order valence-electron chi connectivity index (χ3n) is 5.17. The van der Waals surface area contributed by atoms with Crippen LogP contribution in [0.4, 0.5) is 4.79 Å². The van der Waals surface area contributed by atoms with Gasteiger partial charge in [0.25, 0.3) is 0 Å². The van der Waals surface area contributed by atoms with E-state index in [9.17, 15) is 9.90 Å². The van der Waals surface area contributed by atoms with Crippen molar-refractivity contribution in [2.75, 3.05) is 39.3 Å². The molecule has 2 amide bonds. The van der Waals surface area contributed by atoms with E-state index in [1.165, 1.54) is 25.7 Å².